The van der Waals surface area contributed by atoms with Gasteiger partial charge in [0.15, 0.2) is 0 Å². The van der Waals surface area contributed by atoms with Crippen LogP contribution in [0.5, 0.6) is 5.75 Å². The number of carbonyl (C=O) groups excluding carboxylic acids is 1. The van der Waals surface area contributed by atoms with Crippen molar-refractivity contribution < 1.29 is 19.4 Å². The number of carboxylic acid groups (broad SMARTS) is 1. The average molecular weight is 384 g/mol. The number of piperidine rings is 1. The number of nitrogens with zero attached hydrogens (tertiary/aromatic N) is 1. The number of hydrogen-bond acceptors (Lipinski definition) is 3. The molecule has 5 nitrogen and oxygen atoms in total. The molecule has 1 aromatic rings. The van der Waals surface area contributed by atoms with Crippen molar-refractivity contribution in [2.75, 3.05) is 13.7 Å². The van der Waals surface area contributed by atoms with Crippen molar-refractivity contribution >= 4 is 27.8 Å². The fraction of sp³-hybridized carbons (Fsp3) is 0.529. The Hall–Kier alpha value is -1.56. The van der Waals surface area contributed by atoms with E-state index in [0.29, 0.717) is 25.8 Å². The minimum atomic E-state index is -0.811. The van der Waals surface area contributed by atoms with Crippen LogP contribution in [-0.4, -0.2) is 41.6 Å². The SMILES string of the molecule is COc1ccc(CCC(=O)N2CC(C(=O)O)CCC2C)cc1Br. The molecule has 126 valence electrons. The van der Waals surface area contributed by atoms with Crippen LogP contribution >= 0.6 is 15.9 Å². The quantitative estimate of drug-likeness (QED) is 0.847. The van der Waals surface area contributed by atoms with Crippen LogP contribution in [0.3, 0.4) is 0 Å². The van der Waals surface area contributed by atoms with Crippen molar-refractivity contribution in [2.45, 2.75) is 38.6 Å². The fourth-order valence-electron chi connectivity index (χ4n) is 2.92. The van der Waals surface area contributed by atoms with Gasteiger partial charge in [-0.25, -0.2) is 0 Å². The Morgan fingerprint density at radius 1 is 1.39 bits per heavy atom. The molecule has 1 aliphatic rings. The minimum absolute atomic E-state index is 0.0235. The summed E-state index contributed by atoms with van der Waals surface area (Å²) in [6.45, 7) is 2.31. The van der Waals surface area contributed by atoms with E-state index in [2.05, 4.69) is 15.9 Å². The zero-order chi connectivity index (χ0) is 17.0. The first-order chi connectivity index (χ1) is 10.9. The van der Waals surface area contributed by atoms with E-state index in [0.717, 1.165) is 22.2 Å². The summed E-state index contributed by atoms with van der Waals surface area (Å²) in [7, 11) is 1.61. The summed E-state index contributed by atoms with van der Waals surface area (Å²) in [5, 5.41) is 9.16. The standard InChI is InChI=1S/C17H22BrNO4/c1-11-3-6-13(17(21)22)10-19(11)16(20)8-5-12-4-7-15(23-2)14(18)9-12/h4,7,9,11,13H,3,5-6,8,10H2,1-2H3,(H,21,22). The number of aliphatic carboxylic acids is 1. The van der Waals surface area contributed by atoms with Crippen molar-refractivity contribution in [3.63, 3.8) is 0 Å². The number of hydrogen-bond donors (Lipinski definition) is 1. The molecule has 1 fully saturated rings. The molecule has 0 radical (unpaired) electrons. The smallest absolute Gasteiger partial charge is 0.308 e. The highest BCUT2D eigenvalue weighted by atomic mass is 79.9. The van der Waals surface area contributed by atoms with Gasteiger partial charge in [0, 0.05) is 19.0 Å². The lowest BCUT2D eigenvalue weighted by atomic mass is 9.93. The molecule has 1 saturated heterocycles. The van der Waals surface area contributed by atoms with Crippen molar-refractivity contribution in [1.82, 2.24) is 4.90 Å². The Morgan fingerprint density at radius 3 is 2.74 bits per heavy atom. The van der Waals surface area contributed by atoms with E-state index >= 15 is 0 Å². The van der Waals surface area contributed by atoms with Crippen LogP contribution in [0, 0.1) is 5.92 Å². The van der Waals surface area contributed by atoms with Gasteiger partial charge in [-0.15, -0.1) is 0 Å². The third-order valence-corrected chi connectivity index (χ3v) is 5.02. The van der Waals surface area contributed by atoms with Crippen LogP contribution in [0.15, 0.2) is 22.7 Å². The summed E-state index contributed by atoms with van der Waals surface area (Å²) in [5.41, 5.74) is 1.05. The molecule has 2 atom stereocenters. The molecule has 2 unspecified atom stereocenters. The van der Waals surface area contributed by atoms with Gasteiger partial charge in [0.1, 0.15) is 5.75 Å². The number of halogens is 1. The van der Waals surface area contributed by atoms with Crippen LogP contribution < -0.4 is 4.74 Å². The van der Waals surface area contributed by atoms with Crippen molar-refractivity contribution in [2.24, 2.45) is 5.92 Å². The monoisotopic (exact) mass is 383 g/mol. The molecule has 1 amide bonds. The summed E-state index contributed by atoms with van der Waals surface area (Å²) in [5.74, 6) is -0.469. The molecule has 0 saturated carbocycles. The molecule has 1 heterocycles. The maximum atomic E-state index is 12.5. The van der Waals surface area contributed by atoms with E-state index in [1.807, 2.05) is 25.1 Å². The average Bonchev–Trinajstić information content (AvgIpc) is 2.53. The summed E-state index contributed by atoms with van der Waals surface area (Å²) < 4.78 is 6.05. The molecule has 1 N–H and O–H groups in total. The molecular weight excluding hydrogens is 362 g/mol. The van der Waals surface area contributed by atoms with Gasteiger partial charge in [-0.3, -0.25) is 9.59 Å². The van der Waals surface area contributed by atoms with Gasteiger partial charge in [-0.1, -0.05) is 6.07 Å². The third kappa shape index (κ3) is 4.47. The maximum Gasteiger partial charge on any atom is 0.308 e. The predicted molar refractivity (Wildman–Crippen MR) is 90.5 cm³/mol. The Morgan fingerprint density at radius 2 is 2.13 bits per heavy atom. The number of rotatable bonds is 5. The Kier molecular flexibility index (Phi) is 6.04. The topological polar surface area (TPSA) is 66.8 Å². The third-order valence-electron chi connectivity index (χ3n) is 4.40. The highest BCUT2D eigenvalue weighted by Crippen LogP contribution is 2.27. The second-order valence-corrected chi connectivity index (χ2v) is 6.83. The molecule has 23 heavy (non-hydrogen) atoms. The summed E-state index contributed by atoms with van der Waals surface area (Å²) in [6.07, 6.45) is 2.40. The van der Waals surface area contributed by atoms with Crippen molar-refractivity contribution in [3.8, 4) is 5.75 Å². The van der Waals surface area contributed by atoms with E-state index in [1.165, 1.54) is 0 Å². The highest BCUT2D eigenvalue weighted by Gasteiger charge is 2.32. The molecular formula is C17H22BrNO4. The summed E-state index contributed by atoms with van der Waals surface area (Å²) in [4.78, 5) is 25.3. The normalized spacial score (nSPS) is 21.1. The largest absolute Gasteiger partial charge is 0.496 e. The number of amides is 1. The lowest BCUT2D eigenvalue weighted by Gasteiger charge is -2.36. The van der Waals surface area contributed by atoms with Crippen molar-refractivity contribution in [1.29, 1.82) is 0 Å². The molecule has 0 aromatic heterocycles. The first kappa shape index (κ1) is 17.8. The zero-order valence-corrected chi connectivity index (χ0v) is 15.0. The molecule has 6 heteroatoms. The minimum Gasteiger partial charge on any atom is -0.496 e. The maximum absolute atomic E-state index is 12.5. The van der Waals surface area contributed by atoms with E-state index in [1.54, 1.807) is 12.0 Å². The number of methoxy groups -OCH3 is 1. The Balaban J connectivity index is 1.95. The van der Waals surface area contributed by atoms with Crippen LogP contribution in [0.4, 0.5) is 0 Å². The van der Waals surface area contributed by atoms with Gasteiger partial charge in [-0.2, -0.15) is 0 Å². The molecule has 0 spiro atoms. The first-order valence-corrected chi connectivity index (χ1v) is 8.56. The van der Waals surface area contributed by atoms with E-state index < -0.39 is 11.9 Å². The van der Waals surface area contributed by atoms with E-state index in [9.17, 15) is 9.59 Å². The van der Waals surface area contributed by atoms with Gasteiger partial charge >= 0.3 is 5.97 Å². The molecule has 0 bridgehead atoms. The van der Waals surface area contributed by atoms with Gasteiger partial charge in [0.05, 0.1) is 17.5 Å². The van der Waals surface area contributed by atoms with E-state index in [4.69, 9.17) is 9.84 Å². The van der Waals surface area contributed by atoms with Crippen LogP contribution in [0.2, 0.25) is 0 Å². The molecule has 1 aromatic carbocycles. The van der Waals surface area contributed by atoms with Crippen LogP contribution in [0.1, 0.15) is 31.7 Å². The molecule has 0 aliphatic carbocycles. The van der Waals surface area contributed by atoms with E-state index in [-0.39, 0.29) is 11.9 Å². The molecule has 1 aliphatic heterocycles. The van der Waals surface area contributed by atoms with Crippen LogP contribution in [0.25, 0.3) is 0 Å². The van der Waals surface area contributed by atoms with Gasteiger partial charge < -0.3 is 14.7 Å². The second kappa shape index (κ2) is 7.81. The predicted octanol–water partition coefficient (Wildman–Crippen LogP) is 3.10. The lowest BCUT2D eigenvalue weighted by molar-refractivity contribution is -0.147. The zero-order valence-electron chi connectivity index (χ0n) is 13.4. The number of ether oxygens (including phenoxy) is 1. The van der Waals surface area contributed by atoms with Gasteiger partial charge in [0.25, 0.3) is 0 Å². The number of aryl methyl sites for hydroxylation is 1. The summed E-state index contributed by atoms with van der Waals surface area (Å²) in [6, 6.07) is 5.87. The number of likely N-dealkylation sites (tertiary alicyclic amines) is 1. The van der Waals surface area contributed by atoms with Gasteiger partial charge in [-0.05, 0) is 59.8 Å². The lowest BCUT2D eigenvalue weighted by Crippen LogP contribution is -2.47. The van der Waals surface area contributed by atoms with Crippen molar-refractivity contribution in [3.05, 3.63) is 28.2 Å². The molecule has 2 rings (SSSR count). The second-order valence-electron chi connectivity index (χ2n) is 5.98. The van der Waals surface area contributed by atoms with Gasteiger partial charge in [0.2, 0.25) is 5.91 Å². The first-order valence-electron chi connectivity index (χ1n) is 7.77. The Labute approximate surface area is 144 Å². The number of benzene rings is 1. The van der Waals surface area contributed by atoms with Crippen LogP contribution in [-0.2, 0) is 16.0 Å². The highest BCUT2D eigenvalue weighted by molar-refractivity contribution is 9.10. The number of carboxylic acids is 1. The summed E-state index contributed by atoms with van der Waals surface area (Å²) >= 11 is 3.44. The Bertz CT molecular complexity index is 590. The number of carbonyl (C=O) groups is 2. The fourth-order valence-corrected chi connectivity index (χ4v) is 3.50.